The van der Waals surface area contributed by atoms with Gasteiger partial charge in [-0.1, -0.05) is 24.3 Å². The van der Waals surface area contributed by atoms with Crippen molar-refractivity contribution in [2.75, 3.05) is 6.54 Å². The summed E-state index contributed by atoms with van der Waals surface area (Å²) in [6.07, 6.45) is 1.65. The van der Waals surface area contributed by atoms with E-state index in [4.69, 9.17) is 10.5 Å². The van der Waals surface area contributed by atoms with Crippen LogP contribution in [0.5, 0.6) is 11.5 Å². The molecular formula is C15H16FNO. The first kappa shape index (κ1) is 12.6. The standard InChI is InChI=1S/C15H16FNO/c16-13-9-8-12(5-4-10-17)15(11-13)18-14-6-2-1-3-7-14/h1-3,6-9,11H,4-5,10,17H2. The number of aryl methyl sites for hydroxylation is 1. The van der Waals surface area contributed by atoms with E-state index in [0.717, 1.165) is 18.4 Å². The van der Waals surface area contributed by atoms with Crippen molar-refractivity contribution in [3.05, 3.63) is 59.9 Å². The van der Waals surface area contributed by atoms with Gasteiger partial charge in [0.05, 0.1) is 0 Å². The summed E-state index contributed by atoms with van der Waals surface area (Å²) in [6.45, 7) is 0.613. The Hall–Kier alpha value is -1.87. The van der Waals surface area contributed by atoms with Gasteiger partial charge in [0, 0.05) is 6.07 Å². The van der Waals surface area contributed by atoms with Crippen LogP contribution in [0, 0.1) is 5.82 Å². The van der Waals surface area contributed by atoms with E-state index >= 15 is 0 Å². The van der Waals surface area contributed by atoms with Crippen molar-refractivity contribution in [2.24, 2.45) is 5.73 Å². The molecule has 0 saturated heterocycles. The average molecular weight is 245 g/mol. The molecule has 0 aliphatic rings. The smallest absolute Gasteiger partial charge is 0.133 e. The quantitative estimate of drug-likeness (QED) is 0.874. The van der Waals surface area contributed by atoms with Crippen molar-refractivity contribution in [1.29, 1.82) is 0 Å². The second kappa shape index (κ2) is 6.17. The molecule has 0 atom stereocenters. The topological polar surface area (TPSA) is 35.2 Å². The van der Waals surface area contributed by atoms with Crippen LogP contribution in [0.25, 0.3) is 0 Å². The number of benzene rings is 2. The van der Waals surface area contributed by atoms with Crippen LogP contribution in [0.15, 0.2) is 48.5 Å². The molecule has 0 heterocycles. The minimum Gasteiger partial charge on any atom is -0.457 e. The van der Waals surface area contributed by atoms with Crippen LogP contribution in [-0.2, 0) is 6.42 Å². The van der Waals surface area contributed by atoms with Gasteiger partial charge in [0.2, 0.25) is 0 Å². The molecule has 0 saturated carbocycles. The van der Waals surface area contributed by atoms with Crippen molar-refractivity contribution in [1.82, 2.24) is 0 Å². The van der Waals surface area contributed by atoms with E-state index in [2.05, 4.69) is 0 Å². The van der Waals surface area contributed by atoms with Crippen LogP contribution < -0.4 is 10.5 Å². The largest absolute Gasteiger partial charge is 0.457 e. The molecule has 0 unspecified atom stereocenters. The molecule has 0 fully saturated rings. The molecule has 2 aromatic carbocycles. The summed E-state index contributed by atoms with van der Waals surface area (Å²) >= 11 is 0. The third-order valence-electron chi connectivity index (χ3n) is 2.65. The van der Waals surface area contributed by atoms with E-state index in [9.17, 15) is 4.39 Å². The Kier molecular flexibility index (Phi) is 4.31. The summed E-state index contributed by atoms with van der Waals surface area (Å²) in [7, 11) is 0. The molecule has 94 valence electrons. The maximum atomic E-state index is 13.3. The SMILES string of the molecule is NCCCc1ccc(F)cc1Oc1ccccc1. The van der Waals surface area contributed by atoms with E-state index in [0.29, 0.717) is 18.0 Å². The third-order valence-corrected chi connectivity index (χ3v) is 2.65. The molecule has 0 aromatic heterocycles. The molecule has 0 bridgehead atoms. The number of halogens is 1. The minimum absolute atomic E-state index is 0.294. The molecule has 0 spiro atoms. The Balaban J connectivity index is 2.22. The number of para-hydroxylation sites is 1. The normalized spacial score (nSPS) is 10.3. The lowest BCUT2D eigenvalue weighted by molar-refractivity contribution is 0.469. The van der Waals surface area contributed by atoms with Crippen molar-refractivity contribution < 1.29 is 9.13 Å². The second-order valence-corrected chi connectivity index (χ2v) is 4.06. The maximum Gasteiger partial charge on any atom is 0.133 e. The Morgan fingerprint density at radius 2 is 1.83 bits per heavy atom. The molecule has 0 amide bonds. The van der Waals surface area contributed by atoms with E-state index in [1.54, 1.807) is 6.07 Å². The summed E-state index contributed by atoms with van der Waals surface area (Å²) in [5, 5.41) is 0. The lowest BCUT2D eigenvalue weighted by atomic mass is 10.1. The molecule has 18 heavy (non-hydrogen) atoms. The van der Waals surface area contributed by atoms with Gasteiger partial charge in [-0.3, -0.25) is 0 Å². The highest BCUT2D eigenvalue weighted by Gasteiger charge is 2.06. The van der Waals surface area contributed by atoms with E-state index in [-0.39, 0.29) is 5.82 Å². The van der Waals surface area contributed by atoms with E-state index < -0.39 is 0 Å². The number of rotatable bonds is 5. The Morgan fingerprint density at radius 3 is 2.56 bits per heavy atom. The van der Waals surface area contributed by atoms with Gasteiger partial charge in [-0.2, -0.15) is 0 Å². The molecule has 0 aliphatic heterocycles. The maximum absolute atomic E-state index is 13.3. The van der Waals surface area contributed by atoms with Crippen LogP contribution in [0.4, 0.5) is 4.39 Å². The van der Waals surface area contributed by atoms with E-state index in [1.165, 1.54) is 12.1 Å². The summed E-state index contributed by atoms with van der Waals surface area (Å²) in [6, 6.07) is 14.0. The number of nitrogens with two attached hydrogens (primary N) is 1. The fourth-order valence-electron chi connectivity index (χ4n) is 1.74. The van der Waals surface area contributed by atoms with Crippen molar-refractivity contribution in [3.63, 3.8) is 0 Å². The Labute approximate surface area is 106 Å². The van der Waals surface area contributed by atoms with Gasteiger partial charge in [-0.15, -0.1) is 0 Å². The monoisotopic (exact) mass is 245 g/mol. The van der Waals surface area contributed by atoms with Gasteiger partial charge in [-0.25, -0.2) is 4.39 Å². The van der Waals surface area contributed by atoms with Crippen molar-refractivity contribution >= 4 is 0 Å². The number of ether oxygens (including phenoxy) is 1. The van der Waals surface area contributed by atoms with Gasteiger partial charge >= 0.3 is 0 Å². The summed E-state index contributed by atoms with van der Waals surface area (Å²) in [5.41, 5.74) is 6.47. The van der Waals surface area contributed by atoms with Crippen LogP contribution >= 0.6 is 0 Å². The first-order valence-electron chi connectivity index (χ1n) is 6.01. The molecule has 2 aromatic rings. The van der Waals surface area contributed by atoms with Crippen molar-refractivity contribution in [3.8, 4) is 11.5 Å². The highest BCUT2D eigenvalue weighted by atomic mass is 19.1. The lowest BCUT2D eigenvalue weighted by Gasteiger charge is -2.11. The zero-order chi connectivity index (χ0) is 12.8. The second-order valence-electron chi connectivity index (χ2n) is 4.06. The fraction of sp³-hybridized carbons (Fsp3) is 0.200. The molecule has 2 rings (SSSR count). The van der Waals surface area contributed by atoms with Crippen LogP contribution in [0.1, 0.15) is 12.0 Å². The predicted molar refractivity (Wildman–Crippen MR) is 70.3 cm³/mol. The zero-order valence-corrected chi connectivity index (χ0v) is 10.1. The highest BCUT2D eigenvalue weighted by molar-refractivity contribution is 5.38. The summed E-state index contributed by atoms with van der Waals surface area (Å²) in [4.78, 5) is 0. The predicted octanol–water partition coefficient (Wildman–Crippen LogP) is 3.51. The van der Waals surface area contributed by atoms with Crippen molar-refractivity contribution in [2.45, 2.75) is 12.8 Å². The van der Waals surface area contributed by atoms with Gasteiger partial charge < -0.3 is 10.5 Å². The van der Waals surface area contributed by atoms with Crippen LogP contribution in [0.2, 0.25) is 0 Å². The van der Waals surface area contributed by atoms with Gasteiger partial charge in [0.1, 0.15) is 17.3 Å². The first-order chi connectivity index (χ1) is 8.79. The summed E-state index contributed by atoms with van der Waals surface area (Å²) < 4.78 is 19.0. The Bertz CT molecular complexity index is 499. The molecule has 3 heteroatoms. The minimum atomic E-state index is -0.294. The first-order valence-corrected chi connectivity index (χ1v) is 6.01. The zero-order valence-electron chi connectivity index (χ0n) is 10.1. The van der Waals surface area contributed by atoms with E-state index in [1.807, 2.05) is 30.3 Å². The molecule has 2 N–H and O–H groups in total. The molecule has 2 nitrogen and oxygen atoms in total. The number of hydrogen-bond acceptors (Lipinski definition) is 2. The molecule has 0 aliphatic carbocycles. The van der Waals surface area contributed by atoms with Crippen LogP contribution in [-0.4, -0.2) is 6.54 Å². The highest BCUT2D eigenvalue weighted by Crippen LogP contribution is 2.27. The van der Waals surface area contributed by atoms with Gasteiger partial charge in [0.25, 0.3) is 0 Å². The fourth-order valence-corrected chi connectivity index (χ4v) is 1.74. The summed E-state index contributed by atoms with van der Waals surface area (Å²) in [5.74, 6) is 0.976. The molecule has 0 radical (unpaired) electrons. The lowest BCUT2D eigenvalue weighted by Crippen LogP contribution is -2.01. The van der Waals surface area contributed by atoms with Gasteiger partial charge in [0.15, 0.2) is 0 Å². The van der Waals surface area contributed by atoms with Gasteiger partial charge in [-0.05, 0) is 43.1 Å². The van der Waals surface area contributed by atoms with Crippen LogP contribution in [0.3, 0.4) is 0 Å². The molecular weight excluding hydrogens is 229 g/mol. The Morgan fingerprint density at radius 1 is 1.06 bits per heavy atom. The third kappa shape index (κ3) is 3.31. The average Bonchev–Trinajstić information content (AvgIpc) is 2.39. The number of hydrogen-bond donors (Lipinski definition) is 1.